The molecule has 0 saturated carbocycles. The molecule has 0 atom stereocenters. The lowest BCUT2D eigenvalue weighted by Gasteiger charge is -2.06. The number of benzene rings is 1. The molecule has 0 radical (unpaired) electrons. The number of thiazole rings is 1. The maximum atomic E-state index is 5.83. The van der Waals surface area contributed by atoms with Crippen LogP contribution >= 0.6 is 11.3 Å². The van der Waals surface area contributed by atoms with Gasteiger partial charge < -0.3 is 14.8 Å². The summed E-state index contributed by atoms with van der Waals surface area (Å²) >= 11 is 1.67. The van der Waals surface area contributed by atoms with Crippen LogP contribution in [0.15, 0.2) is 24.3 Å². The van der Waals surface area contributed by atoms with Crippen LogP contribution in [0.25, 0.3) is 0 Å². The molecule has 1 heterocycles. The van der Waals surface area contributed by atoms with Crippen LogP contribution in [0.4, 0.5) is 0 Å². The number of aryl methyl sites for hydroxylation is 1. The molecule has 108 valence electrons. The summed E-state index contributed by atoms with van der Waals surface area (Å²) in [5.74, 6) is 0.908. The molecule has 0 saturated heterocycles. The van der Waals surface area contributed by atoms with Crippen molar-refractivity contribution < 1.29 is 9.47 Å². The molecule has 20 heavy (non-hydrogen) atoms. The fraction of sp³-hybridized carbons (Fsp3) is 0.400. The van der Waals surface area contributed by atoms with E-state index in [0.717, 1.165) is 28.6 Å². The van der Waals surface area contributed by atoms with Gasteiger partial charge in [0.2, 0.25) is 0 Å². The number of aromatic nitrogens is 1. The third kappa shape index (κ3) is 3.79. The van der Waals surface area contributed by atoms with E-state index < -0.39 is 0 Å². The third-order valence-corrected chi connectivity index (χ3v) is 3.96. The van der Waals surface area contributed by atoms with E-state index in [4.69, 9.17) is 9.47 Å². The number of rotatable bonds is 7. The SMILES string of the molecule is CNCc1sc(COc2ccccc2C)nc1COC. The molecule has 2 rings (SSSR count). The van der Waals surface area contributed by atoms with Gasteiger partial charge in [-0.2, -0.15) is 0 Å². The van der Waals surface area contributed by atoms with Crippen LogP contribution in [-0.2, 0) is 24.5 Å². The Morgan fingerprint density at radius 1 is 1.25 bits per heavy atom. The second-order valence-electron chi connectivity index (χ2n) is 4.49. The van der Waals surface area contributed by atoms with Crippen molar-refractivity contribution in [2.75, 3.05) is 14.2 Å². The Balaban J connectivity index is 2.06. The first-order valence-corrected chi connectivity index (χ1v) is 7.35. The van der Waals surface area contributed by atoms with E-state index in [1.54, 1.807) is 18.4 Å². The van der Waals surface area contributed by atoms with E-state index in [-0.39, 0.29) is 0 Å². The molecule has 2 aromatic rings. The van der Waals surface area contributed by atoms with E-state index in [0.29, 0.717) is 13.2 Å². The van der Waals surface area contributed by atoms with E-state index in [2.05, 4.69) is 10.3 Å². The number of para-hydroxylation sites is 1. The average molecular weight is 292 g/mol. The van der Waals surface area contributed by atoms with Crippen LogP contribution in [0.5, 0.6) is 5.75 Å². The highest BCUT2D eigenvalue weighted by Crippen LogP contribution is 2.22. The Labute approximate surface area is 123 Å². The molecule has 0 amide bonds. The molecule has 1 N–H and O–H groups in total. The summed E-state index contributed by atoms with van der Waals surface area (Å²) in [4.78, 5) is 5.80. The first kappa shape index (κ1) is 15.0. The van der Waals surface area contributed by atoms with Gasteiger partial charge in [0.15, 0.2) is 0 Å². The summed E-state index contributed by atoms with van der Waals surface area (Å²) in [6.45, 7) is 3.88. The molecular weight excluding hydrogens is 272 g/mol. The Hall–Kier alpha value is -1.43. The van der Waals surface area contributed by atoms with Gasteiger partial charge in [-0.05, 0) is 25.6 Å². The summed E-state index contributed by atoms with van der Waals surface area (Å²) in [7, 11) is 3.62. The van der Waals surface area contributed by atoms with E-state index in [1.807, 2.05) is 38.2 Å². The van der Waals surface area contributed by atoms with Gasteiger partial charge in [0, 0.05) is 18.5 Å². The predicted octanol–water partition coefficient (Wildman–Crippen LogP) is 2.90. The largest absolute Gasteiger partial charge is 0.486 e. The maximum absolute atomic E-state index is 5.83. The number of methoxy groups -OCH3 is 1. The van der Waals surface area contributed by atoms with Crippen LogP contribution in [-0.4, -0.2) is 19.1 Å². The summed E-state index contributed by atoms with van der Waals surface area (Å²) in [5.41, 5.74) is 2.13. The highest BCUT2D eigenvalue weighted by atomic mass is 32.1. The fourth-order valence-electron chi connectivity index (χ4n) is 1.90. The van der Waals surface area contributed by atoms with Crippen molar-refractivity contribution in [2.45, 2.75) is 26.7 Å². The molecule has 0 aliphatic heterocycles. The summed E-state index contributed by atoms with van der Waals surface area (Å²) in [5, 5.41) is 4.13. The van der Waals surface area contributed by atoms with E-state index >= 15 is 0 Å². The molecule has 0 aliphatic carbocycles. The molecule has 4 nitrogen and oxygen atoms in total. The topological polar surface area (TPSA) is 43.4 Å². The van der Waals surface area contributed by atoms with E-state index in [9.17, 15) is 0 Å². The smallest absolute Gasteiger partial charge is 0.140 e. The van der Waals surface area contributed by atoms with Crippen LogP contribution in [0, 0.1) is 6.92 Å². The Morgan fingerprint density at radius 3 is 2.75 bits per heavy atom. The summed E-state index contributed by atoms with van der Waals surface area (Å²) < 4.78 is 11.0. The van der Waals surface area contributed by atoms with Crippen molar-refractivity contribution in [3.05, 3.63) is 45.4 Å². The summed E-state index contributed by atoms with van der Waals surface area (Å²) in [6.07, 6.45) is 0. The molecule has 0 aliphatic rings. The number of nitrogens with zero attached hydrogens (tertiary/aromatic N) is 1. The first-order chi connectivity index (χ1) is 9.74. The standard InChI is InChI=1S/C15H20N2O2S/c1-11-6-4-5-7-13(11)19-10-15-17-12(9-18-3)14(20-15)8-16-2/h4-7,16H,8-10H2,1-3H3. The lowest BCUT2D eigenvalue weighted by atomic mass is 10.2. The highest BCUT2D eigenvalue weighted by Gasteiger charge is 2.11. The van der Waals surface area contributed by atoms with Crippen molar-refractivity contribution in [3.63, 3.8) is 0 Å². The van der Waals surface area contributed by atoms with Crippen LogP contribution in [0.3, 0.4) is 0 Å². The van der Waals surface area contributed by atoms with Crippen LogP contribution < -0.4 is 10.1 Å². The van der Waals surface area contributed by atoms with Gasteiger partial charge >= 0.3 is 0 Å². The molecule has 0 spiro atoms. The second-order valence-corrected chi connectivity index (χ2v) is 5.66. The third-order valence-electron chi connectivity index (χ3n) is 2.89. The molecule has 0 bridgehead atoms. The average Bonchev–Trinajstić information content (AvgIpc) is 2.81. The van der Waals surface area contributed by atoms with Gasteiger partial charge in [-0.1, -0.05) is 18.2 Å². The minimum absolute atomic E-state index is 0.496. The zero-order valence-electron chi connectivity index (χ0n) is 12.1. The molecule has 5 heteroatoms. The van der Waals surface area contributed by atoms with Gasteiger partial charge in [0.1, 0.15) is 17.4 Å². The van der Waals surface area contributed by atoms with Gasteiger partial charge in [0.05, 0.1) is 12.3 Å². The quantitative estimate of drug-likeness (QED) is 0.852. The normalized spacial score (nSPS) is 10.8. The van der Waals surface area contributed by atoms with Gasteiger partial charge in [0.25, 0.3) is 0 Å². The molecule has 1 aromatic carbocycles. The Kier molecular flexibility index (Phi) is 5.52. The van der Waals surface area contributed by atoms with Gasteiger partial charge in [-0.15, -0.1) is 11.3 Å². The van der Waals surface area contributed by atoms with Crippen LogP contribution in [0.1, 0.15) is 21.1 Å². The first-order valence-electron chi connectivity index (χ1n) is 6.54. The number of ether oxygens (including phenoxy) is 2. The van der Waals surface area contributed by atoms with Crippen molar-refractivity contribution in [1.29, 1.82) is 0 Å². The number of nitrogens with one attached hydrogen (secondary N) is 1. The molecule has 0 unspecified atom stereocenters. The van der Waals surface area contributed by atoms with Crippen molar-refractivity contribution in [1.82, 2.24) is 10.3 Å². The predicted molar refractivity (Wildman–Crippen MR) is 81.1 cm³/mol. The van der Waals surface area contributed by atoms with E-state index in [1.165, 1.54) is 4.88 Å². The minimum Gasteiger partial charge on any atom is -0.486 e. The molecule has 1 aromatic heterocycles. The number of hydrogen-bond acceptors (Lipinski definition) is 5. The van der Waals surface area contributed by atoms with Crippen molar-refractivity contribution in [2.24, 2.45) is 0 Å². The second kappa shape index (κ2) is 7.38. The minimum atomic E-state index is 0.496. The fourth-order valence-corrected chi connectivity index (χ4v) is 2.90. The monoisotopic (exact) mass is 292 g/mol. The summed E-state index contributed by atoms with van der Waals surface area (Å²) in [6, 6.07) is 8.01. The van der Waals surface area contributed by atoms with Gasteiger partial charge in [-0.3, -0.25) is 0 Å². The van der Waals surface area contributed by atoms with Crippen molar-refractivity contribution in [3.8, 4) is 5.75 Å². The van der Waals surface area contributed by atoms with Crippen LogP contribution in [0.2, 0.25) is 0 Å². The maximum Gasteiger partial charge on any atom is 0.140 e. The lowest BCUT2D eigenvalue weighted by Crippen LogP contribution is -2.06. The zero-order valence-corrected chi connectivity index (χ0v) is 12.9. The zero-order chi connectivity index (χ0) is 14.4. The highest BCUT2D eigenvalue weighted by molar-refractivity contribution is 7.11. The van der Waals surface area contributed by atoms with Gasteiger partial charge in [-0.25, -0.2) is 4.98 Å². The molecule has 0 fully saturated rings. The van der Waals surface area contributed by atoms with Crippen molar-refractivity contribution >= 4 is 11.3 Å². The Bertz CT molecular complexity index is 531. The molecular formula is C15H20N2O2S. The number of hydrogen-bond donors (Lipinski definition) is 1. The Morgan fingerprint density at radius 2 is 2.05 bits per heavy atom. The lowest BCUT2D eigenvalue weighted by molar-refractivity contribution is 0.180.